The molecule has 1 N–H and O–H groups in total. The zero-order valence-electron chi connectivity index (χ0n) is 10.0. The molecule has 2 heteroatoms. The van der Waals surface area contributed by atoms with Crippen LogP contribution in [-0.2, 0) is 0 Å². The highest BCUT2D eigenvalue weighted by Crippen LogP contribution is 2.13. The lowest BCUT2D eigenvalue weighted by atomic mass is 10.0. The molecular formula is C13H26N2. The molecule has 0 radical (unpaired) electrons. The number of rotatable bonds is 2. The predicted molar refractivity (Wildman–Crippen MR) is 65.2 cm³/mol. The number of likely N-dealkylation sites (tertiary alicyclic amines) is 1. The van der Waals surface area contributed by atoms with Crippen LogP contribution >= 0.6 is 0 Å². The predicted octanol–water partition coefficient (Wildman–Crippen LogP) is 2.39. The molecule has 0 aromatic rings. The normalized spacial score (nSPS) is 30.8. The molecule has 2 fully saturated rings. The van der Waals surface area contributed by atoms with Crippen LogP contribution in [0, 0.1) is 0 Å². The molecule has 0 aliphatic carbocycles. The van der Waals surface area contributed by atoms with Gasteiger partial charge in [-0.1, -0.05) is 25.7 Å². The summed E-state index contributed by atoms with van der Waals surface area (Å²) >= 11 is 0. The van der Waals surface area contributed by atoms with Gasteiger partial charge < -0.3 is 10.2 Å². The molecule has 2 heterocycles. The maximum absolute atomic E-state index is 3.66. The van der Waals surface area contributed by atoms with Gasteiger partial charge in [0, 0.05) is 12.6 Å². The van der Waals surface area contributed by atoms with E-state index in [1.807, 2.05) is 0 Å². The van der Waals surface area contributed by atoms with Crippen molar-refractivity contribution in [3.8, 4) is 0 Å². The van der Waals surface area contributed by atoms with Crippen molar-refractivity contribution in [3.63, 3.8) is 0 Å². The van der Waals surface area contributed by atoms with Crippen LogP contribution in [-0.4, -0.2) is 37.1 Å². The highest BCUT2D eigenvalue weighted by Gasteiger charge is 2.16. The summed E-state index contributed by atoms with van der Waals surface area (Å²) in [6.45, 7) is 5.24. The Labute approximate surface area is 94.4 Å². The van der Waals surface area contributed by atoms with Gasteiger partial charge >= 0.3 is 0 Å². The zero-order valence-corrected chi connectivity index (χ0v) is 10.0. The van der Waals surface area contributed by atoms with Gasteiger partial charge in [0.15, 0.2) is 0 Å². The Hall–Kier alpha value is -0.0800. The van der Waals surface area contributed by atoms with Gasteiger partial charge in [-0.2, -0.15) is 0 Å². The van der Waals surface area contributed by atoms with Crippen molar-refractivity contribution in [2.45, 2.75) is 57.4 Å². The van der Waals surface area contributed by atoms with Gasteiger partial charge in [-0.15, -0.1) is 0 Å². The number of hydrogen-bond acceptors (Lipinski definition) is 2. The smallest absolute Gasteiger partial charge is 0.0195 e. The summed E-state index contributed by atoms with van der Waals surface area (Å²) in [7, 11) is 0. The second-order valence-corrected chi connectivity index (χ2v) is 5.22. The Morgan fingerprint density at radius 2 is 1.60 bits per heavy atom. The van der Waals surface area contributed by atoms with E-state index >= 15 is 0 Å². The topological polar surface area (TPSA) is 15.3 Å². The summed E-state index contributed by atoms with van der Waals surface area (Å²) in [5.74, 6) is 0. The van der Waals surface area contributed by atoms with Crippen LogP contribution in [0.3, 0.4) is 0 Å². The first-order valence-electron chi connectivity index (χ1n) is 6.91. The molecule has 0 aromatic carbocycles. The monoisotopic (exact) mass is 210 g/mol. The summed E-state index contributed by atoms with van der Waals surface area (Å²) in [4.78, 5) is 2.70. The minimum Gasteiger partial charge on any atom is -0.313 e. The molecule has 0 bridgehead atoms. The van der Waals surface area contributed by atoms with Gasteiger partial charge in [0.1, 0.15) is 0 Å². The van der Waals surface area contributed by atoms with Crippen LogP contribution in [0.25, 0.3) is 0 Å². The van der Waals surface area contributed by atoms with Gasteiger partial charge in [-0.25, -0.2) is 0 Å². The summed E-state index contributed by atoms with van der Waals surface area (Å²) in [5, 5.41) is 3.66. The van der Waals surface area contributed by atoms with Gasteiger partial charge in [-0.05, 0) is 45.3 Å². The van der Waals surface area contributed by atoms with E-state index in [0.29, 0.717) is 0 Å². The second kappa shape index (κ2) is 6.49. The van der Waals surface area contributed by atoms with E-state index in [1.54, 1.807) is 0 Å². The number of nitrogens with zero attached hydrogens (tertiary/aromatic N) is 1. The van der Waals surface area contributed by atoms with Crippen molar-refractivity contribution in [3.05, 3.63) is 0 Å². The Morgan fingerprint density at radius 3 is 2.27 bits per heavy atom. The number of piperidine rings is 1. The fraction of sp³-hybridized carbons (Fsp3) is 1.00. The Morgan fingerprint density at radius 1 is 0.867 bits per heavy atom. The molecule has 2 rings (SSSR count). The lowest BCUT2D eigenvalue weighted by Gasteiger charge is -2.31. The summed E-state index contributed by atoms with van der Waals surface area (Å²) in [5.41, 5.74) is 0. The van der Waals surface area contributed by atoms with E-state index in [1.165, 1.54) is 77.5 Å². The molecule has 2 saturated heterocycles. The highest BCUT2D eigenvalue weighted by molar-refractivity contribution is 4.76. The molecule has 2 nitrogen and oxygen atoms in total. The first kappa shape index (κ1) is 11.4. The molecule has 1 atom stereocenters. The third-order valence-corrected chi connectivity index (χ3v) is 3.84. The van der Waals surface area contributed by atoms with Gasteiger partial charge in [-0.3, -0.25) is 0 Å². The average Bonchev–Trinajstić information content (AvgIpc) is 2.23. The Balaban J connectivity index is 1.70. The fourth-order valence-electron chi connectivity index (χ4n) is 2.89. The van der Waals surface area contributed by atoms with Crippen LogP contribution in [0.5, 0.6) is 0 Å². The number of nitrogens with one attached hydrogen (secondary N) is 1. The first-order chi connectivity index (χ1) is 7.45. The maximum Gasteiger partial charge on any atom is 0.0195 e. The summed E-state index contributed by atoms with van der Waals surface area (Å²) in [6.07, 6.45) is 11.4. The Kier molecular flexibility index (Phi) is 4.94. The molecule has 0 saturated carbocycles. The minimum atomic E-state index is 0.790. The summed E-state index contributed by atoms with van der Waals surface area (Å²) < 4.78 is 0. The second-order valence-electron chi connectivity index (χ2n) is 5.22. The van der Waals surface area contributed by atoms with E-state index < -0.39 is 0 Å². The number of hydrogen-bond donors (Lipinski definition) is 1. The van der Waals surface area contributed by atoms with Crippen molar-refractivity contribution in [1.82, 2.24) is 10.2 Å². The molecule has 0 amide bonds. The van der Waals surface area contributed by atoms with Crippen LogP contribution < -0.4 is 5.32 Å². The van der Waals surface area contributed by atoms with E-state index in [9.17, 15) is 0 Å². The van der Waals surface area contributed by atoms with E-state index in [0.717, 1.165) is 6.04 Å². The molecule has 2 aliphatic rings. The lowest BCUT2D eigenvalue weighted by molar-refractivity contribution is 0.207. The van der Waals surface area contributed by atoms with Gasteiger partial charge in [0.2, 0.25) is 0 Å². The largest absolute Gasteiger partial charge is 0.313 e. The Bertz CT molecular complexity index is 156. The fourth-order valence-corrected chi connectivity index (χ4v) is 2.89. The standard InChI is InChI=1S/C13H26N2/c1-2-6-10-15(11-7-3-1)12-13-8-4-5-9-14-13/h13-14H,1-12H2/t13-/m1/s1. The van der Waals surface area contributed by atoms with Crippen LogP contribution in [0.1, 0.15) is 51.4 Å². The first-order valence-corrected chi connectivity index (χ1v) is 6.91. The van der Waals surface area contributed by atoms with E-state index in [-0.39, 0.29) is 0 Å². The molecule has 0 aromatic heterocycles. The van der Waals surface area contributed by atoms with Crippen molar-refractivity contribution < 1.29 is 0 Å². The SMILES string of the molecule is C1CCCN(C[C@H]2CCCCN2)CCC1. The van der Waals surface area contributed by atoms with Gasteiger partial charge in [0.05, 0.1) is 0 Å². The molecule has 2 aliphatic heterocycles. The van der Waals surface area contributed by atoms with Gasteiger partial charge in [0.25, 0.3) is 0 Å². The molecular weight excluding hydrogens is 184 g/mol. The molecule has 0 unspecified atom stereocenters. The van der Waals surface area contributed by atoms with E-state index in [2.05, 4.69) is 10.2 Å². The zero-order chi connectivity index (χ0) is 10.3. The highest BCUT2D eigenvalue weighted by atomic mass is 15.1. The molecule has 0 spiro atoms. The molecule has 15 heavy (non-hydrogen) atoms. The van der Waals surface area contributed by atoms with Crippen LogP contribution in [0.15, 0.2) is 0 Å². The maximum atomic E-state index is 3.66. The average molecular weight is 210 g/mol. The third-order valence-electron chi connectivity index (χ3n) is 3.84. The van der Waals surface area contributed by atoms with Crippen molar-refractivity contribution >= 4 is 0 Å². The summed E-state index contributed by atoms with van der Waals surface area (Å²) in [6, 6.07) is 0.790. The molecule has 88 valence electrons. The van der Waals surface area contributed by atoms with Crippen molar-refractivity contribution in [2.24, 2.45) is 0 Å². The van der Waals surface area contributed by atoms with Crippen molar-refractivity contribution in [2.75, 3.05) is 26.2 Å². The minimum absolute atomic E-state index is 0.790. The van der Waals surface area contributed by atoms with Crippen LogP contribution in [0.4, 0.5) is 0 Å². The van der Waals surface area contributed by atoms with E-state index in [4.69, 9.17) is 0 Å². The van der Waals surface area contributed by atoms with Crippen molar-refractivity contribution in [1.29, 1.82) is 0 Å². The lowest BCUT2D eigenvalue weighted by Crippen LogP contribution is -2.44. The third kappa shape index (κ3) is 4.12. The quantitative estimate of drug-likeness (QED) is 0.753. The van der Waals surface area contributed by atoms with Crippen LogP contribution in [0.2, 0.25) is 0 Å².